The summed E-state index contributed by atoms with van der Waals surface area (Å²) in [6, 6.07) is 12.1. The number of amides is 1. The second-order valence-corrected chi connectivity index (χ2v) is 5.49. The van der Waals surface area contributed by atoms with Gasteiger partial charge in [0.05, 0.1) is 5.52 Å². The Morgan fingerprint density at radius 1 is 1.18 bits per heavy atom. The Kier molecular flexibility index (Phi) is 3.63. The molecule has 0 atom stereocenters. The zero-order valence-electron chi connectivity index (χ0n) is 12.4. The number of H-pyrrole nitrogens is 1. The number of hydrogen-bond acceptors (Lipinski definition) is 2. The molecule has 1 amide bonds. The Morgan fingerprint density at radius 2 is 1.95 bits per heavy atom. The molecule has 2 N–H and O–H groups in total. The van der Waals surface area contributed by atoms with Crippen molar-refractivity contribution < 1.29 is 9.18 Å². The van der Waals surface area contributed by atoms with Crippen molar-refractivity contribution in [1.29, 1.82) is 0 Å². The van der Waals surface area contributed by atoms with E-state index in [1.807, 2.05) is 38.1 Å². The van der Waals surface area contributed by atoms with Gasteiger partial charge in [-0.25, -0.2) is 4.39 Å². The maximum Gasteiger partial charge on any atom is 0.228 e. The van der Waals surface area contributed by atoms with Crippen molar-refractivity contribution in [3.05, 3.63) is 48.3 Å². The van der Waals surface area contributed by atoms with Crippen LogP contribution < -0.4 is 5.32 Å². The summed E-state index contributed by atoms with van der Waals surface area (Å²) < 4.78 is 13.3. The van der Waals surface area contributed by atoms with Crippen LogP contribution in [0.2, 0.25) is 0 Å². The lowest BCUT2D eigenvalue weighted by atomic mass is 10.0. The van der Waals surface area contributed by atoms with Crippen LogP contribution in [-0.4, -0.2) is 16.1 Å². The van der Waals surface area contributed by atoms with E-state index in [0.29, 0.717) is 5.82 Å². The molecule has 0 saturated heterocycles. The van der Waals surface area contributed by atoms with Crippen molar-refractivity contribution >= 4 is 22.6 Å². The first kappa shape index (κ1) is 14.3. The van der Waals surface area contributed by atoms with E-state index in [-0.39, 0.29) is 17.6 Å². The smallest absolute Gasteiger partial charge is 0.228 e. The fourth-order valence-electron chi connectivity index (χ4n) is 2.22. The Hall–Kier alpha value is -2.69. The van der Waals surface area contributed by atoms with Gasteiger partial charge in [-0.2, -0.15) is 5.10 Å². The van der Waals surface area contributed by atoms with Crippen LogP contribution in [0.1, 0.15) is 13.8 Å². The summed E-state index contributed by atoms with van der Waals surface area (Å²) in [4.78, 5) is 11.8. The summed E-state index contributed by atoms with van der Waals surface area (Å²) in [5.41, 5.74) is 2.47. The van der Waals surface area contributed by atoms with Crippen LogP contribution in [0.4, 0.5) is 10.2 Å². The number of hydrogen-bond donors (Lipinski definition) is 2. The van der Waals surface area contributed by atoms with Crippen LogP contribution in [0.25, 0.3) is 22.0 Å². The van der Waals surface area contributed by atoms with Crippen LogP contribution in [-0.2, 0) is 4.79 Å². The first-order valence-electron chi connectivity index (χ1n) is 7.09. The predicted molar refractivity (Wildman–Crippen MR) is 85.0 cm³/mol. The number of rotatable bonds is 3. The molecule has 3 aromatic rings. The second kappa shape index (κ2) is 5.60. The van der Waals surface area contributed by atoms with Gasteiger partial charge < -0.3 is 5.32 Å². The summed E-state index contributed by atoms with van der Waals surface area (Å²) in [5, 5.41) is 10.7. The highest BCUT2D eigenvalue weighted by molar-refractivity contribution is 6.01. The zero-order chi connectivity index (χ0) is 15.7. The number of fused-ring (bicyclic) bond motifs is 1. The SMILES string of the molecule is CC(C)C(=O)Nc1n[nH]c2cc(-c3cccc(F)c3)ccc12. The molecule has 3 rings (SSSR count). The number of carbonyl (C=O) groups excluding carboxylic acids is 1. The Bertz CT molecular complexity index is 839. The summed E-state index contributed by atoms with van der Waals surface area (Å²) >= 11 is 0. The Labute approximate surface area is 127 Å². The summed E-state index contributed by atoms with van der Waals surface area (Å²) in [7, 11) is 0. The number of nitrogens with zero attached hydrogens (tertiary/aromatic N) is 1. The average molecular weight is 297 g/mol. The summed E-state index contributed by atoms with van der Waals surface area (Å²) in [6.07, 6.45) is 0. The molecule has 4 nitrogen and oxygen atoms in total. The molecule has 0 aliphatic rings. The van der Waals surface area contributed by atoms with E-state index in [2.05, 4.69) is 15.5 Å². The van der Waals surface area contributed by atoms with E-state index >= 15 is 0 Å². The molecule has 1 heterocycles. The van der Waals surface area contributed by atoms with Crippen molar-refractivity contribution in [2.24, 2.45) is 5.92 Å². The lowest BCUT2D eigenvalue weighted by Crippen LogP contribution is -2.18. The van der Waals surface area contributed by atoms with Gasteiger partial charge in [-0.15, -0.1) is 0 Å². The van der Waals surface area contributed by atoms with Crippen LogP contribution in [0.3, 0.4) is 0 Å². The number of carbonyl (C=O) groups is 1. The monoisotopic (exact) mass is 297 g/mol. The number of aromatic nitrogens is 2. The van der Waals surface area contributed by atoms with E-state index in [9.17, 15) is 9.18 Å². The lowest BCUT2D eigenvalue weighted by Gasteiger charge is -2.05. The number of anilines is 1. The van der Waals surface area contributed by atoms with Gasteiger partial charge in [0.25, 0.3) is 0 Å². The minimum atomic E-state index is -0.271. The third-order valence-electron chi connectivity index (χ3n) is 3.49. The third-order valence-corrected chi connectivity index (χ3v) is 3.49. The van der Waals surface area contributed by atoms with Gasteiger partial charge in [0.1, 0.15) is 5.82 Å². The molecule has 1 aromatic heterocycles. The molecular weight excluding hydrogens is 281 g/mol. The maximum absolute atomic E-state index is 13.3. The largest absolute Gasteiger partial charge is 0.308 e. The molecule has 0 aliphatic heterocycles. The molecule has 0 fully saturated rings. The fourth-order valence-corrected chi connectivity index (χ4v) is 2.22. The molecular formula is C17H16FN3O. The average Bonchev–Trinajstić information content (AvgIpc) is 2.89. The molecule has 22 heavy (non-hydrogen) atoms. The minimum Gasteiger partial charge on any atom is -0.308 e. The van der Waals surface area contributed by atoms with Crippen molar-refractivity contribution in [1.82, 2.24) is 10.2 Å². The lowest BCUT2D eigenvalue weighted by molar-refractivity contribution is -0.118. The number of halogens is 1. The topological polar surface area (TPSA) is 57.8 Å². The first-order valence-corrected chi connectivity index (χ1v) is 7.09. The third kappa shape index (κ3) is 2.70. The van der Waals surface area contributed by atoms with Crippen LogP contribution in [0.15, 0.2) is 42.5 Å². The Morgan fingerprint density at radius 3 is 2.68 bits per heavy atom. The van der Waals surface area contributed by atoms with Crippen LogP contribution >= 0.6 is 0 Å². The molecule has 0 bridgehead atoms. The van der Waals surface area contributed by atoms with Gasteiger partial charge in [0.2, 0.25) is 5.91 Å². The van der Waals surface area contributed by atoms with E-state index in [4.69, 9.17) is 0 Å². The van der Waals surface area contributed by atoms with Crippen molar-refractivity contribution in [3.63, 3.8) is 0 Å². The van der Waals surface area contributed by atoms with Gasteiger partial charge in [-0.05, 0) is 35.4 Å². The van der Waals surface area contributed by atoms with Crippen molar-refractivity contribution in [2.75, 3.05) is 5.32 Å². The molecule has 0 aliphatic carbocycles. The molecule has 2 aromatic carbocycles. The zero-order valence-corrected chi connectivity index (χ0v) is 12.4. The van der Waals surface area contributed by atoms with E-state index < -0.39 is 0 Å². The minimum absolute atomic E-state index is 0.0809. The quantitative estimate of drug-likeness (QED) is 0.768. The van der Waals surface area contributed by atoms with E-state index in [1.165, 1.54) is 12.1 Å². The van der Waals surface area contributed by atoms with Crippen LogP contribution in [0, 0.1) is 11.7 Å². The van der Waals surface area contributed by atoms with Crippen molar-refractivity contribution in [2.45, 2.75) is 13.8 Å². The van der Waals surface area contributed by atoms with Gasteiger partial charge in [-0.1, -0.05) is 32.0 Å². The highest BCUT2D eigenvalue weighted by Gasteiger charge is 2.12. The van der Waals surface area contributed by atoms with E-state index in [1.54, 1.807) is 6.07 Å². The molecule has 112 valence electrons. The van der Waals surface area contributed by atoms with Gasteiger partial charge in [-0.3, -0.25) is 9.89 Å². The van der Waals surface area contributed by atoms with Gasteiger partial charge in [0.15, 0.2) is 5.82 Å². The maximum atomic E-state index is 13.3. The molecule has 5 heteroatoms. The standard InChI is InChI=1S/C17H16FN3O/c1-10(2)17(22)19-16-14-7-6-12(9-15(14)20-21-16)11-4-3-5-13(18)8-11/h3-10H,1-2H3,(H2,19,20,21,22). The highest BCUT2D eigenvalue weighted by Crippen LogP contribution is 2.27. The van der Waals surface area contributed by atoms with Gasteiger partial charge in [0, 0.05) is 11.3 Å². The molecule has 0 radical (unpaired) electrons. The molecule has 0 saturated carbocycles. The second-order valence-electron chi connectivity index (χ2n) is 5.49. The summed E-state index contributed by atoms with van der Waals surface area (Å²) in [5.74, 6) is 0.0486. The predicted octanol–water partition coefficient (Wildman–Crippen LogP) is 3.96. The molecule has 0 spiro atoms. The number of aromatic amines is 1. The Balaban J connectivity index is 1.97. The molecule has 0 unspecified atom stereocenters. The summed E-state index contributed by atoms with van der Waals surface area (Å²) in [6.45, 7) is 3.65. The van der Waals surface area contributed by atoms with Crippen LogP contribution in [0.5, 0.6) is 0 Å². The number of benzene rings is 2. The van der Waals surface area contributed by atoms with Crippen molar-refractivity contribution in [3.8, 4) is 11.1 Å². The first-order chi connectivity index (χ1) is 10.5. The normalized spacial score (nSPS) is 11.1. The number of nitrogens with one attached hydrogen (secondary N) is 2. The fraction of sp³-hybridized carbons (Fsp3) is 0.176. The van der Waals surface area contributed by atoms with Gasteiger partial charge >= 0.3 is 0 Å². The van der Waals surface area contributed by atoms with E-state index in [0.717, 1.165) is 22.0 Å². The highest BCUT2D eigenvalue weighted by atomic mass is 19.1.